The summed E-state index contributed by atoms with van der Waals surface area (Å²) < 4.78 is 14.4. The van der Waals surface area contributed by atoms with Crippen LogP contribution in [0.15, 0.2) is 24.4 Å². The number of hydrogen-bond donors (Lipinski definition) is 3. The largest absolute Gasteiger partial charge is 0.507 e. The molecule has 0 spiro atoms. The average molecular weight is 250 g/mol. The van der Waals surface area contributed by atoms with Crippen LogP contribution >= 0.6 is 0 Å². The van der Waals surface area contributed by atoms with E-state index in [2.05, 4.69) is 10.4 Å². The standard InChI is InChI=1S/C11H11FN4O2/c1-16-10(8(13)5-14-16)15-11(18)7-4-6(12)2-3-9(7)17/h2-5,17H,13H2,1H3,(H,15,18). The highest BCUT2D eigenvalue weighted by atomic mass is 19.1. The van der Waals surface area contributed by atoms with Crippen LogP contribution in [-0.4, -0.2) is 20.8 Å². The van der Waals surface area contributed by atoms with Gasteiger partial charge < -0.3 is 16.2 Å². The molecule has 0 saturated carbocycles. The van der Waals surface area contributed by atoms with E-state index in [1.54, 1.807) is 7.05 Å². The van der Waals surface area contributed by atoms with E-state index in [9.17, 15) is 14.3 Å². The van der Waals surface area contributed by atoms with E-state index < -0.39 is 11.7 Å². The van der Waals surface area contributed by atoms with Crippen LogP contribution in [0.2, 0.25) is 0 Å². The van der Waals surface area contributed by atoms with Crippen molar-refractivity contribution in [2.45, 2.75) is 0 Å². The number of nitrogen functional groups attached to an aromatic ring is 1. The predicted molar refractivity (Wildman–Crippen MR) is 63.6 cm³/mol. The molecule has 6 nitrogen and oxygen atoms in total. The lowest BCUT2D eigenvalue weighted by molar-refractivity contribution is 0.102. The molecular formula is C11H11FN4O2. The Hall–Kier alpha value is -2.57. The Morgan fingerprint density at radius 2 is 2.28 bits per heavy atom. The zero-order valence-corrected chi connectivity index (χ0v) is 9.51. The lowest BCUT2D eigenvalue weighted by Gasteiger charge is -2.07. The molecule has 94 valence electrons. The molecule has 2 aromatic rings. The molecule has 0 aliphatic rings. The summed E-state index contributed by atoms with van der Waals surface area (Å²) in [5, 5.41) is 15.8. The van der Waals surface area contributed by atoms with Gasteiger partial charge in [-0.1, -0.05) is 0 Å². The molecule has 4 N–H and O–H groups in total. The molecule has 1 aromatic carbocycles. The molecule has 0 fully saturated rings. The van der Waals surface area contributed by atoms with E-state index >= 15 is 0 Å². The van der Waals surface area contributed by atoms with Crippen LogP contribution in [-0.2, 0) is 7.05 Å². The molecule has 7 heteroatoms. The Morgan fingerprint density at radius 1 is 1.56 bits per heavy atom. The van der Waals surface area contributed by atoms with E-state index in [-0.39, 0.29) is 22.8 Å². The summed E-state index contributed by atoms with van der Waals surface area (Å²) in [5.41, 5.74) is 5.71. The number of phenolic OH excluding ortho intramolecular Hbond substituents is 1. The van der Waals surface area contributed by atoms with Crippen LogP contribution < -0.4 is 11.1 Å². The number of nitrogens with zero attached hydrogens (tertiary/aromatic N) is 2. The Kier molecular flexibility index (Phi) is 2.88. The van der Waals surface area contributed by atoms with E-state index in [1.165, 1.54) is 10.9 Å². The second kappa shape index (κ2) is 4.36. The van der Waals surface area contributed by atoms with Crippen molar-refractivity contribution in [3.63, 3.8) is 0 Å². The van der Waals surface area contributed by atoms with Gasteiger partial charge in [0.1, 0.15) is 11.6 Å². The maximum atomic E-state index is 13.0. The van der Waals surface area contributed by atoms with Crippen molar-refractivity contribution >= 4 is 17.4 Å². The van der Waals surface area contributed by atoms with Crippen LogP contribution in [0.1, 0.15) is 10.4 Å². The predicted octanol–water partition coefficient (Wildman–Crippen LogP) is 1.10. The topological polar surface area (TPSA) is 93.2 Å². The highest BCUT2D eigenvalue weighted by Gasteiger charge is 2.15. The number of rotatable bonds is 2. The molecule has 0 saturated heterocycles. The van der Waals surface area contributed by atoms with Gasteiger partial charge in [0.2, 0.25) is 0 Å². The zero-order valence-electron chi connectivity index (χ0n) is 9.51. The molecule has 0 unspecified atom stereocenters. The Labute approximate surface area is 102 Å². The molecule has 1 amide bonds. The number of anilines is 2. The summed E-state index contributed by atoms with van der Waals surface area (Å²) in [4.78, 5) is 11.9. The number of amides is 1. The number of halogens is 1. The SMILES string of the molecule is Cn1ncc(N)c1NC(=O)c1cc(F)ccc1O. The van der Waals surface area contributed by atoms with E-state index in [0.717, 1.165) is 18.2 Å². The number of hydrogen-bond acceptors (Lipinski definition) is 4. The van der Waals surface area contributed by atoms with Crippen LogP contribution in [0.4, 0.5) is 15.9 Å². The summed E-state index contributed by atoms with van der Waals surface area (Å²) in [6.07, 6.45) is 1.38. The first-order valence-corrected chi connectivity index (χ1v) is 5.06. The third kappa shape index (κ3) is 2.10. The van der Waals surface area contributed by atoms with Crippen molar-refractivity contribution in [1.29, 1.82) is 0 Å². The molecule has 0 atom stereocenters. The van der Waals surface area contributed by atoms with Gasteiger partial charge in [-0.2, -0.15) is 5.10 Å². The number of aryl methyl sites for hydroxylation is 1. The number of benzene rings is 1. The molecule has 18 heavy (non-hydrogen) atoms. The second-order valence-corrected chi connectivity index (χ2v) is 3.69. The van der Waals surface area contributed by atoms with Gasteiger partial charge in [0.05, 0.1) is 17.4 Å². The first kappa shape index (κ1) is 11.9. The van der Waals surface area contributed by atoms with Crippen LogP contribution in [0.5, 0.6) is 5.75 Å². The van der Waals surface area contributed by atoms with E-state index in [4.69, 9.17) is 5.73 Å². The molecular weight excluding hydrogens is 239 g/mol. The number of phenols is 1. The number of nitrogens with one attached hydrogen (secondary N) is 1. The molecule has 0 aliphatic heterocycles. The fourth-order valence-electron chi connectivity index (χ4n) is 1.47. The highest BCUT2D eigenvalue weighted by molar-refractivity contribution is 6.06. The summed E-state index contributed by atoms with van der Waals surface area (Å²) in [5.74, 6) is -1.31. The van der Waals surface area contributed by atoms with Gasteiger partial charge in [-0.3, -0.25) is 9.48 Å². The fraction of sp³-hybridized carbons (Fsp3) is 0.0909. The van der Waals surface area contributed by atoms with Crippen LogP contribution in [0.3, 0.4) is 0 Å². The van der Waals surface area contributed by atoms with E-state index in [0.29, 0.717) is 0 Å². The first-order chi connectivity index (χ1) is 8.49. The molecule has 0 aliphatic carbocycles. The van der Waals surface area contributed by atoms with Gasteiger partial charge in [-0.15, -0.1) is 0 Å². The summed E-state index contributed by atoms with van der Waals surface area (Å²) in [6.45, 7) is 0. The van der Waals surface area contributed by atoms with E-state index in [1.807, 2.05) is 0 Å². The number of carbonyl (C=O) groups is 1. The number of aromatic nitrogens is 2. The van der Waals surface area contributed by atoms with Gasteiger partial charge in [0.15, 0.2) is 5.82 Å². The highest BCUT2D eigenvalue weighted by Crippen LogP contribution is 2.21. The van der Waals surface area contributed by atoms with Gasteiger partial charge in [-0.25, -0.2) is 4.39 Å². The third-order valence-electron chi connectivity index (χ3n) is 2.40. The fourth-order valence-corrected chi connectivity index (χ4v) is 1.47. The lowest BCUT2D eigenvalue weighted by Crippen LogP contribution is -2.16. The zero-order chi connectivity index (χ0) is 13.3. The van der Waals surface area contributed by atoms with Crippen molar-refractivity contribution in [3.05, 3.63) is 35.8 Å². The smallest absolute Gasteiger partial charge is 0.260 e. The third-order valence-corrected chi connectivity index (χ3v) is 2.40. The van der Waals surface area contributed by atoms with Gasteiger partial charge in [-0.05, 0) is 18.2 Å². The van der Waals surface area contributed by atoms with Crippen molar-refractivity contribution in [2.75, 3.05) is 11.1 Å². The minimum atomic E-state index is -0.665. The quantitative estimate of drug-likeness (QED) is 0.744. The first-order valence-electron chi connectivity index (χ1n) is 5.06. The van der Waals surface area contributed by atoms with Crippen LogP contribution in [0.25, 0.3) is 0 Å². The monoisotopic (exact) mass is 250 g/mol. The van der Waals surface area contributed by atoms with Crippen LogP contribution in [0, 0.1) is 5.82 Å². The number of aromatic hydroxyl groups is 1. The average Bonchev–Trinajstić information content (AvgIpc) is 2.64. The lowest BCUT2D eigenvalue weighted by atomic mass is 10.2. The molecule has 0 bridgehead atoms. The normalized spacial score (nSPS) is 10.3. The van der Waals surface area contributed by atoms with Crippen molar-refractivity contribution in [3.8, 4) is 5.75 Å². The minimum absolute atomic E-state index is 0.171. The summed E-state index contributed by atoms with van der Waals surface area (Å²) >= 11 is 0. The minimum Gasteiger partial charge on any atom is -0.507 e. The maximum absolute atomic E-state index is 13.0. The van der Waals surface area contributed by atoms with Gasteiger partial charge in [0, 0.05) is 7.05 Å². The maximum Gasteiger partial charge on any atom is 0.260 e. The van der Waals surface area contributed by atoms with Gasteiger partial charge in [0.25, 0.3) is 5.91 Å². The van der Waals surface area contributed by atoms with Crippen molar-refractivity contribution in [1.82, 2.24) is 9.78 Å². The summed E-state index contributed by atoms with van der Waals surface area (Å²) in [6, 6.07) is 3.11. The number of nitrogens with two attached hydrogens (primary N) is 1. The van der Waals surface area contributed by atoms with Gasteiger partial charge >= 0.3 is 0 Å². The van der Waals surface area contributed by atoms with Crippen molar-refractivity contribution in [2.24, 2.45) is 7.05 Å². The number of carbonyl (C=O) groups excluding carboxylic acids is 1. The van der Waals surface area contributed by atoms with Crippen molar-refractivity contribution < 1.29 is 14.3 Å². The Balaban J connectivity index is 2.30. The summed E-state index contributed by atoms with van der Waals surface area (Å²) in [7, 11) is 1.59. The molecule has 2 rings (SSSR count). The molecule has 0 radical (unpaired) electrons. The Morgan fingerprint density at radius 3 is 2.89 bits per heavy atom. The second-order valence-electron chi connectivity index (χ2n) is 3.69. The Bertz CT molecular complexity index is 590. The molecule has 1 heterocycles. The molecule has 1 aromatic heterocycles.